The predicted molar refractivity (Wildman–Crippen MR) is 103 cm³/mol. The average Bonchev–Trinajstić information content (AvgIpc) is 3.03. The highest BCUT2D eigenvalue weighted by atomic mass is 19.4. The lowest BCUT2D eigenvalue weighted by Crippen LogP contribution is -2.36. The van der Waals surface area contributed by atoms with E-state index in [2.05, 4.69) is 4.90 Å². The Hall–Kier alpha value is -2.61. The van der Waals surface area contributed by atoms with Crippen molar-refractivity contribution >= 4 is 11.5 Å². The number of anilines is 1. The predicted octanol–water partition coefficient (Wildman–Crippen LogP) is 4.29. The van der Waals surface area contributed by atoms with Crippen molar-refractivity contribution in [2.24, 2.45) is 5.92 Å². The second kappa shape index (κ2) is 7.91. The zero-order valence-electron chi connectivity index (χ0n) is 16.4. The van der Waals surface area contributed by atoms with Gasteiger partial charge in [0.1, 0.15) is 11.6 Å². The van der Waals surface area contributed by atoms with Crippen LogP contribution in [0.3, 0.4) is 0 Å². The first-order valence-electron chi connectivity index (χ1n) is 9.72. The Morgan fingerprint density at radius 1 is 1.20 bits per heavy atom. The van der Waals surface area contributed by atoms with Crippen LogP contribution in [0.2, 0.25) is 0 Å². The molecule has 4 nitrogen and oxygen atoms in total. The highest BCUT2D eigenvalue weighted by Crippen LogP contribution is 2.39. The molecule has 1 fully saturated rings. The number of methoxy groups -OCH3 is 1. The van der Waals surface area contributed by atoms with E-state index in [1.807, 2.05) is 6.07 Å². The molecule has 8 heteroatoms. The number of hydrogen-bond donors (Lipinski definition) is 0. The van der Waals surface area contributed by atoms with Gasteiger partial charge in [0.05, 0.1) is 31.6 Å². The number of carbonyl (C=O) groups excluding carboxylic acids is 1. The molecule has 160 valence electrons. The summed E-state index contributed by atoms with van der Waals surface area (Å²) in [6.45, 7) is 2.58. The van der Waals surface area contributed by atoms with Crippen LogP contribution in [-0.2, 0) is 23.8 Å². The molecule has 0 aromatic heterocycles. The minimum Gasteiger partial charge on any atom is -0.495 e. The van der Waals surface area contributed by atoms with Crippen molar-refractivity contribution in [2.75, 3.05) is 38.3 Å². The molecule has 2 aromatic rings. The Bertz CT molecular complexity index is 968. The van der Waals surface area contributed by atoms with Crippen molar-refractivity contribution in [1.29, 1.82) is 0 Å². The van der Waals surface area contributed by atoms with Gasteiger partial charge in [-0.25, -0.2) is 4.39 Å². The van der Waals surface area contributed by atoms with Gasteiger partial charge in [-0.2, -0.15) is 13.2 Å². The fraction of sp³-hybridized carbons (Fsp3) is 0.409. The number of Topliss-reactive ketones (excluding diaryl/α,β-unsaturated/α-hetero) is 1. The van der Waals surface area contributed by atoms with Crippen molar-refractivity contribution < 1.29 is 31.8 Å². The first kappa shape index (κ1) is 20.7. The van der Waals surface area contributed by atoms with Crippen molar-refractivity contribution in [2.45, 2.75) is 19.0 Å². The summed E-state index contributed by atoms with van der Waals surface area (Å²) in [6, 6.07) is 6.78. The Morgan fingerprint density at radius 3 is 2.60 bits per heavy atom. The number of hydrogen-bond acceptors (Lipinski definition) is 4. The number of morpholine rings is 1. The number of halogens is 4. The van der Waals surface area contributed by atoms with Crippen LogP contribution in [0.25, 0.3) is 0 Å². The van der Waals surface area contributed by atoms with Crippen LogP contribution in [0.5, 0.6) is 5.75 Å². The summed E-state index contributed by atoms with van der Waals surface area (Å²) in [4.78, 5) is 15.0. The summed E-state index contributed by atoms with van der Waals surface area (Å²) in [6.07, 6.45) is -4.51. The summed E-state index contributed by atoms with van der Waals surface area (Å²) in [5, 5.41) is 0. The van der Waals surface area contributed by atoms with Crippen molar-refractivity contribution in [1.82, 2.24) is 0 Å². The molecular weight excluding hydrogens is 402 g/mol. The zero-order valence-corrected chi connectivity index (χ0v) is 16.4. The van der Waals surface area contributed by atoms with Crippen LogP contribution in [0.1, 0.15) is 27.0 Å². The molecule has 0 N–H and O–H groups in total. The minimum absolute atomic E-state index is 0.0849. The molecule has 30 heavy (non-hydrogen) atoms. The summed E-state index contributed by atoms with van der Waals surface area (Å²) >= 11 is 0. The summed E-state index contributed by atoms with van der Waals surface area (Å²) in [5.74, 6) is -1.55. The van der Waals surface area contributed by atoms with E-state index in [0.29, 0.717) is 50.1 Å². The molecule has 1 saturated heterocycles. The van der Waals surface area contributed by atoms with Crippen LogP contribution in [0.15, 0.2) is 30.3 Å². The molecule has 1 aliphatic heterocycles. The van der Waals surface area contributed by atoms with Crippen LogP contribution in [0.4, 0.5) is 23.2 Å². The zero-order chi connectivity index (χ0) is 21.5. The minimum atomic E-state index is -4.77. The second-order valence-corrected chi connectivity index (χ2v) is 7.53. The molecule has 1 atom stereocenters. The Labute approximate surface area is 171 Å². The number of alkyl halides is 3. The molecule has 1 heterocycles. The molecule has 0 bridgehead atoms. The molecule has 1 aliphatic carbocycles. The standard InChI is InChI=1S/C22H21F4NO3/c1-29-19-12-16-14(11-18(19)27-5-7-30-8-6-27)10-15(21(16)28)9-13-3-2-4-17(20(13)23)22(24,25)26/h2-4,11-12,15H,5-10H2,1H3. The van der Waals surface area contributed by atoms with Gasteiger partial charge in [0.2, 0.25) is 0 Å². The topological polar surface area (TPSA) is 38.8 Å². The first-order chi connectivity index (χ1) is 14.3. The van der Waals surface area contributed by atoms with Gasteiger partial charge in [-0.3, -0.25) is 4.79 Å². The van der Waals surface area contributed by atoms with Gasteiger partial charge in [-0.15, -0.1) is 0 Å². The maximum absolute atomic E-state index is 14.4. The number of carbonyl (C=O) groups is 1. The highest BCUT2D eigenvalue weighted by molar-refractivity contribution is 6.03. The van der Waals surface area contributed by atoms with E-state index in [1.165, 1.54) is 19.2 Å². The lowest BCUT2D eigenvalue weighted by Gasteiger charge is -2.30. The molecule has 0 saturated carbocycles. The Morgan fingerprint density at radius 2 is 1.93 bits per heavy atom. The van der Waals surface area contributed by atoms with Gasteiger partial charge in [0.25, 0.3) is 0 Å². The van der Waals surface area contributed by atoms with E-state index in [9.17, 15) is 22.4 Å². The smallest absolute Gasteiger partial charge is 0.419 e. The molecular formula is C22H21F4NO3. The lowest BCUT2D eigenvalue weighted by molar-refractivity contribution is -0.140. The van der Waals surface area contributed by atoms with E-state index in [-0.39, 0.29) is 17.8 Å². The number of fused-ring (bicyclic) bond motifs is 1. The number of ether oxygens (including phenoxy) is 2. The van der Waals surface area contributed by atoms with Crippen molar-refractivity contribution in [3.8, 4) is 5.75 Å². The monoisotopic (exact) mass is 423 g/mol. The summed E-state index contributed by atoms with van der Waals surface area (Å²) in [5.41, 5.74) is 0.745. The Balaban J connectivity index is 1.61. The van der Waals surface area contributed by atoms with Gasteiger partial charge in [0.15, 0.2) is 5.78 Å². The largest absolute Gasteiger partial charge is 0.495 e. The van der Waals surface area contributed by atoms with Crippen LogP contribution in [-0.4, -0.2) is 39.2 Å². The molecule has 2 aromatic carbocycles. The molecule has 0 radical (unpaired) electrons. The first-order valence-corrected chi connectivity index (χ1v) is 9.72. The van der Waals surface area contributed by atoms with Gasteiger partial charge >= 0.3 is 6.18 Å². The van der Waals surface area contributed by atoms with Crippen LogP contribution >= 0.6 is 0 Å². The van der Waals surface area contributed by atoms with Crippen molar-refractivity contribution in [3.05, 3.63) is 58.4 Å². The fourth-order valence-electron chi connectivity index (χ4n) is 4.19. The van der Waals surface area contributed by atoms with E-state index in [4.69, 9.17) is 9.47 Å². The van der Waals surface area contributed by atoms with Gasteiger partial charge in [0, 0.05) is 24.6 Å². The molecule has 4 rings (SSSR count). The van der Waals surface area contributed by atoms with Crippen LogP contribution < -0.4 is 9.64 Å². The van der Waals surface area contributed by atoms with Gasteiger partial charge in [-0.1, -0.05) is 12.1 Å². The maximum atomic E-state index is 14.4. The number of benzene rings is 2. The average molecular weight is 423 g/mol. The normalized spacial score (nSPS) is 19.2. The SMILES string of the molecule is COc1cc2c(cc1N1CCOCC1)CC(Cc1cccc(C(F)(F)F)c1F)C2=O. The van der Waals surface area contributed by atoms with E-state index in [0.717, 1.165) is 11.3 Å². The number of nitrogens with zero attached hydrogens (tertiary/aromatic N) is 1. The van der Waals surface area contributed by atoms with Crippen molar-refractivity contribution in [3.63, 3.8) is 0 Å². The maximum Gasteiger partial charge on any atom is 0.419 e. The van der Waals surface area contributed by atoms with E-state index < -0.39 is 23.5 Å². The molecule has 0 amide bonds. The Kier molecular flexibility index (Phi) is 5.44. The fourth-order valence-corrected chi connectivity index (χ4v) is 4.19. The molecule has 0 spiro atoms. The third kappa shape index (κ3) is 3.76. The quantitative estimate of drug-likeness (QED) is 0.688. The highest BCUT2D eigenvalue weighted by Gasteiger charge is 2.37. The second-order valence-electron chi connectivity index (χ2n) is 7.53. The lowest BCUT2D eigenvalue weighted by atomic mass is 9.94. The summed E-state index contributed by atoms with van der Waals surface area (Å²) < 4.78 is 64.3. The van der Waals surface area contributed by atoms with E-state index >= 15 is 0 Å². The summed E-state index contributed by atoms with van der Waals surface area (Å²) in [7, 11) is 1.53. The van der Waals surface area contributed by atoms with E-state index in [1.54, 1.807) is 6.07 Å². The number of ketones is 1. The van der Waals surface area contributed by atoms with Crippen LogP contribution in [0, 0.1) is 11.7 Å². The molecule has 1 unspecified atom stereocenters. The molecule has 2 aliphatic rings. The third-order valence-electron chi connectivity index (χ3n) is 5.71. The third-order valence-corrected chi connectivity index (χ3v) is 5.71. The number of rotatable bonds is 4. The van der Waals surface area contributed by atoms with Gasteiger partial charge in [-0.05, 0) is 42.2 Å². The van der Waals surface area contributed by atoms with Gasteiger partial charge < -0.3 is 14.4 Å².